The van der Waals surface area contributed by atoms with Crippen LogP contribution >= 0.6 is 11.6 Å². The highest BCUT2D eigenvalue weighted by Gasteiger charge is 2.13. The van der Waals surface area contributed by atoms with E-state index < -0.39 is 0 Å². The molecule has 0 bridgehead atoms. The van der Waals surface area contributed by atoms with Gasteiger partial charge in [0, 0.05) is 11.4 Å². The molecule has 0 aliphatic heterocycles. The molecule has 1 heterocycles. The molecule has 88 valence electrons. The number of carbonyl (C=O) groups is 1. The summed E-state index contributed by atoms with van der Waals surface area (Å²) in [7, 11) is 1.51. The predicted octanol–water partition coefficient (Wildman–Crippen LogP) is 3.37. The molecule has 0 saturated heterocycles. The van der Waals surface area contributed by atoms with Crippen LogP contribution in [0.5, 0.6) is 5.75 Å². The van der Waals surface area contributed by atoms with Gasteiger partial charge in [-0.15, -0.1) is 0 Å². The van der Waals surface area contributed by atoms with Gasteiger partial charge in [-0.05, 0) is 29.8 Å². The van der Waals surface area contributed by atoms with E-state index in [0.29, 0.717) is 16.3 Å². The number of Topliss-reactive ketones (excluding diaryl/α,β-unsaturated/α-hetero) is 1. The summed E-state index contributed by atoms with van der Waals surface area (Å²) in [5.41, 5.74) is 1.37. The normalized spacial score (nSPS) is 10.2. The third kappa shape index (κ3) is 2.68. The Balaban J connectivity index is 2.24. The molecule has 0 radical (unpaired) electrons. The Morgan fingerprint density at radius 1 is 1.41 bits per heavy atom. The minimum absolute atomic E-state index is 0.0279. The fraction of sp³-hybridized carbons (Fsp3) is 0.154. The van der Waals surface area contributed by atoms with E-state index in [1.54, 1.807) is 36.8 Å². The standard InChI is InChI=1S/C13H11ClO3/c1-16-13-7-10(14)2-3-11(13)12(15)6-9-4-5-17-8-9/h2-5,7-8H,6H2,1H3. The van der Waals surface area contributed by atoms with Gasteiger partial charge in [0.2, 0.25) is 0 Å². The largest absolute Gasteiger partial charge is 0.496 e. The molecule has 0 spiro atoms. The Morgan fingerprint density at radius 2 is 2.24 bits per heavy atom. The number of furan rings is 1. The summed E-state index contributed by atoms with van der Waals surface area (Å²) in [5.74, 6) is 0.464. The maximum atomic E-state index is 12.0. The molecule has 17 heavy (non-hydrogen) atoms. The van der Waals surface area contributed by atoms with E-state index in [1.165, 1.54) is 7.11 Å². The molecule has 0 unspecified atom stereocenters. The molecule has 0 aliphatic rings. The van der Waals surface area contributed by atoms with Gasteiger partial charge in [0.25, 0.3) is 0 Å². The van der Waals surface area contributed by atoms with Gasteiger partial charge in [0.1, 0.15) is 5.75 Å². The second kappa shape index (κ2) is 5.06. The highest BCUT2D eigenvalue weighted by atomic mass is 35.5. The molecular formula is C13H11ClO3. The van der Waals surface area contributed by atoms with Crippen molar-refractivity contribution in [2.24, 2.45) is 0 Å². The topological polar surface area (TPSA) is 39.4 Å². The molecule has 2 rings (SSSR count). The molecule has 1 aromatic heterocycles. The minimum atomic E-state index is -0.0279. The quantitative estimate of drug-likeness (QED) is 0.781. The zero-order valence-corrected chi connectivity index (χ0v) is 10.0. The van der Waals surface area contributed by atoms with E-state index in [-0.39, 0.29) is 12.2 Å². The van der Waals surface area contributed by atoms with Crippen molar-refractivity contribution < 1.29 is 13.9 Å². The van der Waals surface area contributed by atoms with Gasteiger partial charge in [-0.3, -0.25) is 4.79 Å². The van der Waals surface area contributed by atoms with Crippen LogP contribution in [0.2, 0.25) is 5.02 Å². The first-order valence-electron chi connectivity index (χ1n) is 5.08. The maximum Gasteiger partial charge on any atom is 0.171 e. The molecule has 1 aromatic carbocycles. The van der Waals surface area contributed by atoms with Gasteiger partial charge in [-0.2, -0.15) is 0 Å². The van der Waals surface area contributed by atoms with Crippen molar-refractivity contribution in [2.45, 2.75) is 6.42 Å². The Bertz CT molecular complexity index is 517. The average Bonchev–Trinajstić information content (AvgIpc) is 2.81. The lowest BCUT2D eigenvalue weighted by molar-refractivity contribution is 0.0990. The zero-order chi connectivity index (χ0) is 12.3. The van der Waals surface area contributed by atoms with Crippen molar-refractivity contribution in [1.29, 1.82) is 0 Å². The number of benzene rings is 1. The monoisotopic (exact) mass is 250 g/mol. The van der Waals surface area contributed by atoms with Crippen molar-refractivity contribution in [1.82, 2.24) is 0 Å². The summed E-state index contributed by atoms with van der Waals surface area (Å²) >= 11 is 5.84. The molecular weight excluding hydrogens is 240 g/mol. The lowest BCUT2D eigenvalue weighted by Crippen LogP contribution is -2.05. The maximum absolute atomic E-state index is 12.0. The fourth-order valence-corrected chi connectivity index (χ4v) is 1.73. The third-order valence-electron chi connectivity index (χ3n) is 2.41. The van der Waals surface area contributed by atoms with E-state index in [9.17, 15) is 4.79 Å². The van der Waals surface area contributed by atoms with E-state index in [2.05, 4.69) is 0 Å². The van der Waals surface area contributed by atoms with E-state index in [0.717, 1.165) is 5.56 Å². The molecule has 0 atom stereocenters. The van der Waals surface area contributed by atoms with Crippen molar-refractivity contribution in [3.05, 3.63) is 52.9 Å². The van der Waals surface area contributed by atoms with Gasteiger partial charge >= 0.3 is 0 Å². The van der Waals surface area contributed by atoms with Crippen LogP contribution in [0, 0.1) is 0 Å². The number of ether oxygens (including phenoxy) is 1. The van der Waals surface area contributed by atoms with Crippen LogP contribution in [-0.4, -0.2) is 12.9 Å². The molecule has 0 saturated carbocycles. The van der Waals surface area contributed by atoms with Crippen LogP contribution in [0.4, 0.5) is 0 Å². The van der Waals surface area contributed by atoms with Crippen molar-refractivity contribution in [3.63, 3.8) is 0 Å². The Kier molecular flexibility index (Phi) is 3.49. The van der Waals surface area contributed by atoms with Crippen molar-refractivity contribution >= 4 is 17.4 Å². The average molecular weight is 251 g/mol. The van der Waals surface area contributed by atoms with Gasteiger partial charge in [-0.25, -0.2) is 0 Å². The Hall–Kier alpha value is -1.74. The second-order valence-corrected chi connectivity index (χ2v) is 4.01. The van der Waals surface area contributed by atoms with Gasteiger partial charge < -0.3 is 9.15 Å². The minimum Gasteiger partial charge on any atom is -0.496 e. The molecule has 0 fully saturated rings. The fourth-order valence-electron chi connectivity index (χ4n) is 1.57. The number of methoxy groups -OCH3 is 1. The number of ketones is 1. The predicted molar refractivity (Wildman–Crippen MR) is 64.7 cm³/mol. The van der Waals surface area contributed by atoms with Gasteiger partial charge in [0.15, 0.2) is 5.78 Å². The second-order valence-electron chi connectivity index (χ2n) is 3.58. The van der Waals surface area contributed by atoms with Crippen molar-refractivity contribution in [2.75, 3.05) is 7.11 Å². The summed E-state index contributed by atoms with van der Waals surface area (Å²) in [6.45, 7) is 0. The Labute approximate surface area is 104 Å². The summed E-state index contributed by atoms with van der Waals surface area (Å²) in [5, 5.41) is 0.543. The molecule has 0 amide bonds. The molecule has 3 nitrogen and oxygen atoms in total. The SMILES string of the molecule is COc1cc(Cl)ccc1C(=O)Cc1ccoc1. The number of hydrogen-bond donors (Lipinski definition) is 0. The van der Waals surface area contributed by atoms with Gasteiger partial charge in [-0.1, -0.05) is 11.6 Å². The smallest absolute Gasteiger partial charge is 0.171 e. The summed E-state index contributed by atoms with van der Waals surface area (Å²) in [6, 6.07) is 6.74. The van der Waals surface area contributed by atoms with Crippen LogP contribution in [0.15, 0.2) is 41.2 Å². The lowest BCUT2D eigenvalue weighted by atomic mass is 10.0. The first kappa shape index (κ1) is 11.7. The van der Waals surface area contributed by atoms with Crippen LogP contribution < -0.4 is 4.74 Å². The number of halogens is 1. The van der Waals surface area contributed by atoms with Crippen LogP contribution in [0.3, 0.4) is 0 Å². The van der Waals surface area contributed by atoms with E-state index >= 15 is 0 Å². The van der Waals surface area contributed by atoms with Crippen LogP contribution in [0.1, 0.15) is 15.9 Å². The van der Waals surface area contributed by atoms with E-state index in [4.69, 9.17) is 20.8 Å². The summed E-state index contributed by atoms with van der Waals surface area (Å²) in [4.78, 5) is 12.0. The lowest BCUT2D eigenvalue weighted by Gasteiger charge is -2.07. The summed E-state index contributed by atoms with van der Waals surface area (Å²) < 4.78 is 10.1. The number of carbonyl (C=O) groups excluding carboxylic acids is 1. The first-order chi connectivity index (χ1) is 8.20. The Morgan fingerprint density at radius 3 is 2.88 bits per heavy atom. The first-order valence-corrected chi connectivity index (χ1v) is 5.46. The highest BCUT2D eigenvalue weighted by Crippen LogP contribution is 2.24. The highest BCUT2D eigenvalue weighted by molar-refractivity contribution is 6.30. The van der Waals surface area contributed by atoms with Crippen molar-refractivity contribution in [3.8, 4) is 5.75 Å². The number of rotatable bonds is 4. The molecule has 2 aromatic rings. The summed E-state index contributed by atoms with van der Waals surface area (Å²) in [6.07, 6.45) is 3.39. The third-order valence-corrected chi connectivity index (χ3v) is 2.64. The van der Waals surface area contributed by atoms with Crippen LogP contribution in [-0.2, 0) is 6.42 Å². The molecule has 0 aliphatic carbocycles. The molecule has 4 heteroatoms. The van der Waals surface area contributed by atoms with Gasteiger partial charge in [0.05, 0.1) is 25.2 Å². The number of hydrogen-bond acceptors (Lipinski definition) is 3. The molecule has 0 N–H and O–H groups in total. The van der Waals surface area contributed by atoms with Crippen LogP contribution in [0.25, 0.3) is 0 Å². The zero-order valence-electron chi connectivity index (χ0n) is 9.27. The van der Waals surface area contributed by atoms with E-state index in [1.807, 2.05) is 0 Å².